The van der Waals surface area contributed by atoms with Crippen LogP contribution in [0.3, 0.4) is 0 Å². The lowest BCUT2D eigenvalue weighted by Crippen LogP contribution is -2.46. The van der Waals surface area contributed by atoms with E-state index in [1.54, 1.807) is 17.0 Å². The summed E-state index contributed by atoms with van der Waals surface area (Å²) in [5.41, 5.74) is 0.635. The summed E-state index contributed by atoms with van der Waals surface area (Å²) >= 11 is 2.18. The molecule has 26 heavy (non-hydrogen) atoms. The first-order chi connectivity index (χ1) is 12.3. The summed E-state index contributed by atoms with van der Waals surface area (Å²) in [4.78, 5) is 14.3. The van der Waals surface area contributed by atoms with Crippen LogP contribution in [-0.4, -0.2) is 38.4 Å². The molecule has 1 aliphatic heterocycles. The molecule has 3 rings (SSSR count). The number of nitrogens with one attached hydrogen (secondary N) is 1. The molecule has 1 N–H and O–H groups in total. The maximum atomic E-state index is 13.0. The van der Waals surface area contributed by atoms with E-state index >= 15 is 0 Å². The van der Waals surface area contributed by atoms with E-state index in [2.05, 4.69) is 27.3 Å². The minimum absolute atomic E-state index is 0.0382. The molecule has 0 saturated carbocycles. The van der Waals surface area contributed by atoms with Gasteiger partial charge in [0.2, 0.25) is 10.0 Å². The van der Waals surface area contributed by atoms with Crippen LogP contribution >= 0.6 is 22.6 Å². The summed E-state index contributed by atoms with van der Waals surface area (Å²) in [5.74, 6) is -0.521. The summed E-state index contributed by atoms with van der Waals surface area (Å²) in [6, 6.07) is 11.9. The van der Waals surface area contributed by atoms with Gasteiger partial charge in [0, 0.05) is 28.3 Å². The summed E-state index contributed by atoms with van der Waals surface area (Å²) in [7, 11) is -3.69. The fraction of sp³-hybridized carbons (Fsp3) is 0.278. The molecular weight excluding hydrogens is 470 g/mol. The molecule has 0 atom stereocenters. The number of hydrogen-bond acceptors (Lipinski definition) is 3. The molecule has 2 aromatic carbocycles. The Bertz CT molecular complexity index is 878. The van der Waals surface area contributed by atoms with Crippen LogP contribution in [0.1, 0.15) is 23.2 Å². The van der Waals surface area contributed by atoms with Gasteiger partial charge in [0.05, 0.1) is 4.90 Å². The molecule has 0 spiro atoms. The van der Waals surface area contributed by atoms with Crippen LogP contribution in [-0.2, 0) is 10.0 Å². The highest BCUT2D eigenvalue weighted by atomic mass is 127. The van der Waals surface area contributed by atoms with Gasteiger partial charge in [-0.2, -0.15) is 0 Å². The summed E-state index contributed by atoms with van der Waals surface area (Å²) in [6.07, 6.45) is 1.08. The second-order valence-electron chi connectivity index (χ2n) is 6.15. The van der Waals surface area contributed by atoms with Gasteiger partial charge in [0.15, 0.2) is 0 Å². The molecule has 0 unspecified atom stereocenters. The first-order valence-corrected chi connectivity index (χ1v) is 10.7. The van der Waals surface area contributed by atoms with Gasteiger partial charge in [0.25, 0.3) is 5.91 Å². The normalized spacial score (nSPS) is 15.8. The number of sulfonamides is 1. The highest BCUT2D eigenvalue weighted by Crippen LogP contribution is 2.18. The summed E-state index contributed by atoms with van der Waals surface area (Å²) < 4.78 is 41.4. The molecule has 0 aliphatic carbocycles. The zero-order valence-corrected chi connectivity index (χ0v) is 16.8. The van der Waals surface area contributed by atoms with Gasteiger partial charge in [-0.15, -0.1) is 0 Å². The standard InChI is InChI=1S/C18H18FIN2O3S/c19-14-3-7-17(8-4-14)26(24,25)21-16-9-11-22(12-10-16)18(23)13-1-5-15(20)6-2-13/h1-8,16,21H,9-12H2. The lowest BCUT2D eigenvalue weighted by atomic mass is 10.0. The third-order valence-corrected chi connectivity index (χ3v) is 6.57. The van der Waals surface area contributed by atoms with Crippen molar-refractivity contribution in [3.05, 3.63) is 63.5 Å². The van der Waals surface area contributed by atoms with Crippen molar-refractivity contribution in [1.82, 2.24) is 9.62 Å². The van der Waals surface area contributed by atoms with Gasteiger partial charge in [-0.3, -0.25) is 4.79 Å². The fourth-order valence-corrected chi connectivity index (χ4v) is 4.54. The molecule has 8 heteroatoms. The number of rotatable bonds is 4. The van der Waals surface area contributed by atoms with Crippen molar-refractivity contribution >= 4 is 38.5 Å². The van der Waals surface area contributed by atoms with E-state index in [4.69, 9.17) is 0 Å². The molecule has 1 heterocycles. The summed E-state index contributed by atoms with van der Waals surface area (Å²) in [5, 5.41) is 0. The predicted molar refractivity (Wildman–Crippen MR) is 105 cm³/mol. The van der Waals surface area contributed by atoms with E-state index in [-0.39, 0.29) is 16.8 Å². The molecule has 1 amide bonds. The van der Waals surface area contributed by atoms with Gasteiger partial charge < -0.3 is 4.90 Å². The van der Waals surface area contributed by atoms with Gasteiger partial charge in [-0.1, -0.05) is 0 Å². The van der Waals surface area contributed by atoms with E-state index < -0.39 is 15.8 Å². The highest BCUT2D eigenvalue weighted by molar-refractivity contribution is 14.1. The molecule has 0 bridgehead atoms. The first-order valence-electron chi connectivity index (χ1n) is 8.18. The Labute approximate surface area is 165 Å². The van der Waals surface area contributed by atoms with Crippen LogP contribution < -0.4 is 4.72 Å². The van der Waals surface area contributed by atoms with Crippen molar-refractivity contribution in [2.24, 2.45) is 0 Å². The van der Waals surface area contributed by atoms with E-state index in [0.29, 0.717) is 31.5 Å². The Hall–Kier alpha value is -1.52. The molecule has 1 aliphatic rings. The Balaban J connectivity index is 1.59. The van der Waals surface area contributed by atoms with E-state index in [1.807, 2.05) is 12.1 Å². The molecule has 1 fully saturated rings. The average Bonchev–Trinajstić information content (AvgIpc) is 2.62. The van der Waals surface area contributed by atoms with E-state index in [1.165, 1.54) is 12.1 Å². The van der Waals surface area contributed by atoms with Crippen LogP contribution in [0.25, 0.3) is 0 Å². The van der Waals surface area contributed by atoms with Crippen molar-refractivity contribution in [1.29, 1.82) is 0 Å². The van der Waals surface area contributed by atoms with Crippen LogP contribution in [0.15, 0.2) is 53.4 Å². The number of benzene rings is 2. The lowest BCUT2D eigenvalue weighted by molar-refractivity contribution is 0.0711. The molecule has 0 radical (unpaired) electrons. The SMILES string of the molecule is O=C(c1ccc(I)cc1)N1CCC(NS(=O)(=O)c2ccc(F)cc2)CC1. The van der Waals surface area contributed by atoms with Crippen LogP contribution in [0, 0.1) is 9.39 Å². The zero-order chi connectivity index (χ0) is 18.7. The smallest absolute Gasteiger partial charge is 0.253 e. The average molecular weight is 488 g/mol. The fourth-order valence-electron chi connectivity index (χ4n) is 2.88. The number of carbonyl (C=O) groups excluding carboxylic acids is 1. The molecule has 1 saturated heterocycles. The van der Waals surface area contributed by atoms with Gasteiger partial charge in [-0.25, -0.2) is 17.5 Å². The highest BCUT2D eigenvalue weighted by Gasteiger charge is 2.27. The number of carbonyl (C=O) groups is 1. The quantitative estimate of drug-likeness (QED) is 0.674. The number of nitrogens with zero attached hydrogens (tertiary/aromatic N) is 1. The summed E-state index contributed by atoms with van der Waals surface area (Å²) in [6.45, 7) is 0.975. The Morgan fingerprint density at radius 1 is 1.04 bits per heavy atom. The maximum Gasteiger partial charge on any atom is 0.253 e. The Kier molecular flexibility index (Phi) is 5.93. The second-order valence-corrected chi connectivity index (χ2v) is 9.11. The molecule has 2 aromatic rings. The van der Waals surface area contributed by atoms with Crippen molar-refractivity contribution in [2.45, 2.75) is 23.8 Å². The third-order valence-electron chi connectivity index (χ3n) is 4.32. The number of piperidine rings is 1. The molecule has 138 valence electrons. The van der Waals surface area contributed by atoms with Crippen LogP contribution in [0.4, 0.5) is 4.39 Å². The van der Waals surface area contributed by atoms with Crippen LogP contribution in [0.2, 0.25) is 0 Å². The predicted octanol–water partition coefficient (Wildman–Crippen LogP) is 3.01. The van der Waals surface area contributed by atoms with Crippen molar-refractivity contribution in [3.8, 4) is 0 Å². The number of likely N-dealkylation sites (tertiary alicyclic amines) is 1. The van der Waals surface area contributed by atoms with Gasteiger partial charge in [0.1, 0.15) is 5.82 Å². The van der Waals surface area contributed by atoms with Crippen molar-refractivity contribution in [3.63, 3.8) is 0 Å². The van der Waals surface area contributed by atoms with Crippen molar-refractivity contribution < 1.29 is 17.6 Å². The minimum atomic E-state index is -3.69. The maximum absolute atomic E-state index is 13.0. The Morgan fingerprint density at radius 3 is 2.19 bits per heavy atom. The van der Waals surface area contributed by atoms with Gasteiger partial charge >= 0.3 is 0 Å². The van der Waals surface area contributed by atoms with Crippen molar-refractivity contribution in [2.75, 3.05) is 13.1 Å². The number of hydrogen-bond donors (Lipinski definition) is 1. The monoisotopic (exact) mass is 488 g/mol. The first kappa shape index (κ1) is 19.2. The molecule has 5 nitrogen and oxygen atoms in total. The largest absolute Gasteiger partial charge is 0.339 e. The topological polar surface area (TPSA) is 66.5 Å². The molecular formula is C18H18FIN2O3S. The minimum Gasteiger partial charge on any atom is -0.339 e. The Morgan fingerprint density at radius 2 is 1.62 bits per heavy atom. The van der Waals surface area contributed by atoms with Gasteiger partial charge in [-0.05, 0) is 84.0 Å². The van der Waals surface area contributed by atoms with E-state index in [0.717, 1.165) is 15.7 Å². The lowest BCUT2D eigenvalue weighted by Gasteiger charge is -2.32. The van der Waals surface area contributed by atoms with E-state index in [9.17, 15) is 17.6 Å². The second kappa shape index (κ2) is 8.01. The molecule has 0 aromatic heterocycles. The number of amides is 1. The number of halogens is 2. The third kappa shape index (κ3) is 4.60. The zero-order valence-electron chi connectivity index (χ0n) is 13.9. The van der Waals surface area contributed by atoms with Crippen LogP contribution in [0.5, 0.6) is 0 Å².